The van der Waals surface area contributed by atoms with Crippen molar-refractivity contribution in [1.29, 1.82) is 5.26 Å². The molecule has 8 heteroatoms. The van der Waals surface area contributed by atoms with Crippen LogP contribution in [-0.2, 0) is 4.79 Å². The van der Waals surface area contributed by atoms with Gasteiger partial charge in [-0.15, -0.1) is 0 Å². The van der Waals surface area contributed by atoms with Crippen molar-refractivity contribution in [2.24, 2.45) is 0 Å². The van der Waals surface area contributed by atoms with E-state index in [2.05, 4.69) is 31.2 Å². The van der Waals surface area contributed by atoms with E-state index in [1.807, 2.05) is 6.07 Å². The van der Waals surface area contributed by atoms with Crippen LogP contribution in [0.25, 0.3) is 6.08 Å². The quantitative estimate of drug-likeness (QED) is 0.429. The van der Waals surface area contributed by atoms with E-state index in [1.54, 1.807) is 24.5 Å². The first kappa shape index (κ1) is 18.7. The summed E-state index contributed by atoms with van der Waals surface area (Å²) >= 11 is 4.68. The number of furan rings is 1. The Morgan fingerprint density at radius 1 is 1.35 bits per heavy atom. The van der Waals surface area contributed by atoms with Crippen LogP contribution in [0, 0.1) is 11.3 Å². The number of carbonyl (C=O) groups excluding carboxylic acids is 1. The lowest BCUT2D eigenvalue weighted by Gasteiger charge is -2.22. The van der Waals surface area contributed by atoms with Gasteiger partial charge in [0.1, 0.15) is 17.4 Å². The highest BCUT2D eigenvalue weighted by molar-refractivity contribution is 9.10. The number of nitrogens with zero attached hydrogens (tertiary/aromatic N) is 3. The highest BCUT2D eigenvalue weighted by Crippen LogP contribution is 2.34. The molecule has 2 heterocycles. The Balaban J connectivity index is 1.71. The first-order valence-electron chi connectivity index (χ1n) is 8.32. The van der Waals surface area contributed by atoms with Gasteiger partial charge >= 0.3 is 0 Å². The molecule has 0 saturated heterocycles. The Labute approximate surface area is 164 Å². The summed E-state index contributed by atoms with van der Waals surface area (Å²) in [6.45, 7) is 0. The molecule has 1 aliphatic rings. The van der Waals surface area contributed by atoms with Crippen LogP contribution in [0.4, 0.5) is 0 Å². The zero-order valence-corrected chi connectivity index (χ0v) is 16.3. The van der Waals surface area contributed by atoms with Crippen LogP contribution in [0.2, 0.25) is 0 Å². The van der Waals surface area contributed by atoms with Crippen molar-refractivity contribution >= 4 is 39.7 Å². The summed E-state index contributed by atoms with van der Waals surface area (Å²) in [5.41, 5.74) is 0.0318. The van der Waals surface area contributed by atoms with Gasteiger partial charge in [-0.3, -0.25) is 4.79 Å². The second kappa shape index (κ2) is 9.01. The normalized spacial score (nSPS) is 15.5. The number of hydrogen-bond donors (Lipinski definition) is 1. The summed E-state index contributed by atoms with van der Waals surface area (Å²) in [4.78, 5) is 20.6. The molecule has 0 atom stereocenters. The maximum absolute atomic E-state index is 12.3. The first-order chi connectivity index (χ1) is 12.7. The lowest BCUT2D eigenvalue weighted by molar-refractivity contribution is -0.117. The van der Waals surface area contributed by atoms with Gasteiger partial charge in [0, 0.05) is 24.5 Å². The van der Waals surface area contributed by atoms with Crippen molar-refractivity contribution < 1.29 is 9.21 Å². The van der Waals surface area contributed by atoms with E-state index in [4.69, 9.17) is 4.42 Å². The van der Waals surface area contributed by atoms with Gasteiger partial charge in [0.15, 0.2) is 10.2 Å². The summed E-state index contributed by atoms with van der Waals surface area (Å²) in [6.07, 6.45) is 10.1. The van der Waals surface area contributed by atoms with Crippen molar-refractivity contribution in [1.82, 2.24) is 15.3 Å². The van der Waals surface area contributed by atoms with Gasteiger partial charge in [-0.1, -0.05) is 19.3 Å². The fourth-order valence-corrected chi connectivity index (χ4v) is 3.97. The minimum Gasteiger partial charge on any atom is -0.449 e. The molecule has 0 aliphatic heterocycles. The molecular weight excluding hydrogens is 416 g/mol. The predicted molar refractivity (Wildman–Crippen MR) is 101 cm³/mol. The molecule has 134 valence electrons. The summed E-state index contributed by atoms with van der Waals surface area (Å²) in [6, 6.07) is 5.57. The molecule has 1 saturated carbocycles. The SMILES string of the molecule is N#C/C(=C\c1cc(Br)c(Sc2ncccn2)o1)C(=O)NC1CCCCC1. The molecule has 0 radical (unpaired) electrons. The van der Waals surface area contributed by atoms with Crippen molar-refractivity contribution in [3.8, 4) is 6.07 Å². The van der Waals surface area contributed by atoms with Crippen LogP contribution >= 0.6 is 27.7 Å². The second-order valence-corrected chi connectivity index (χ2v) is 7.69. The number of nitriles is 1. The number of rotatable bonds is 5. The molecule has 0 spiro atoms. The molecule has 2 aromatic heterocycles. The number of aromatic nitrogens is 2. The minimum absolute atomic E-state index is 0.0318. The molecule has 1 aliphatic carbocycles. The lowest BCUT2D eigenvalue weighted by Crippen LogP contribution is -2.36. The van der Waals surface area contributed by atoms with E-state index in [-0.39, 0.29) is 17.5 Å². The number of hydrogen-bond acceptors (Lipinski definition) is 6. The average molecular weight is 433 g/mol. The predicted octanol–water partition coefficient (Wildman–Crippen LogP) is 4.34. The van der Waals surface area contributed by atoms with Gasteiger partial charge < -0.3 is 9.73 Å². The standard InChI is InChI=1S/C18H17BrN4O2S/c19-15-10-14(25-17(15)26-18-21-7-4-8-22-18)9-12(11-20)16(24)23-13-5-2-1-3-6-13/h4,7-10,13H,1-3,5-6H2,(H,23,24)/b12-9+. The van der Waals surface area contributed by atoms with Crippen molar-refractivity contribution in [2.45, 2.75) is 48.4 Å². The number of halogens is 1. The Morgan fingerprint density at radius 2 is 2.08 bits per heavy atom. The zero-order chi connectivity index (χ0) is 18.4. The van der Waals surface area contributed by atoms with Crippen LogP contribution in [0.15, 0.2) is 49.2 Å². The molecule has 0 unspecified atom stereocenters. The average Bonchev–Trinajstić information content (AvgIpc) is 3.00. The third kappa shape index (κ3) is 4.96. The summed E-state index contributed by atoms with van der Waals surface area (Å²) in [5.74, 6) is 0.0677. The third-order valence-corrected chi connectivity index (χ3v) is 5.73. The summed E-state index contributed by atoms with van der Waals surface area (Å²) < 4.78 is 6.43. The Hall–Kier alpha value is -2.11. The highest BCUT2D eigenvalue weighted by Gasteiger charge is 2.19. The monoisotopic (exact) mass is 432 g/mol. The second-order valence-electron chi connectivity index (χ2n) is 5.90. The maximum atomic E-state index is 12.3. The molecule has 2 aromatic rings. The van der Waals surface area contributed by atoms with E-state index in [0.717, 1.165) is 25.7 Å². The van der Waals surface area contributed by atoms with Gasteiger partial charge in [0.05, 0.1) is 4.47 Å². The Kier molecular flexibility index (Phi) is 6.47. The topological polar surface area (TPSA) is 91.8 Å². The largest absolute Gasteiger partial charge is 0.449 e. The van der Waals surface area contributed by atoms with Crippen LogP contribution in [-0.4, -0.2) is 21.9 Å². The molecule has 0 bridgehead atoms. The zero-order valence-electron chi connectivity index (χ0n) is 13.9. The minimum atomic E-state index is -0.354. The Morgan fingerprint density at radius 3 is 2.77 bits per heavy atom. The molecule has 1 amide bonds. The molecule has 1 N–H and O–H groups in total. The molecular formula is C18H17BrN4O2S. The number of carbonyl (C=O) groups is 1. The first-order valence-corrected chi connectivity index (χ1v) is 9.93. The molecule has 1 fully saturated rings. The van der Waals surface area contributed by atoms with E-state index in [0.29, 0.717) is 20.5 Å². The van der Waals surface area contributed by atoms with Gasteiger partial charge in [-0.2, -0.15) is 5.26 Å². The highest BCUT2D eigenvalue weighted by atomic mass is 79.9. The lowest BCUT2D eigenvalue weighted by atomic mass is 9.95. The number of amides is 1. The van der Waals surface area contributed by atoms with Gasteiger partial charge in [-0.05, 0) is 52.7 Å². The fourth-order valence-electron chi connectivity index (χ4n) is 2.73. The maximum Gasteiger partial charge on any atom is 0.262 e. The van der Waals surface area contributed by atoms with E-state index in [1.165, 1.54) is 24.3 Å². The molecule has 26 heavy (non-hydrogen) atoms. The molecule has 3 rings (SSSR count). The van der Waals surface area contributed by atoms with Crippen molar-refractivity contribution in [2.75, 3.05) is 0 Å². The summed E-state index contributed by atoms with van der Waals surface area (Å²) in [7, 11) is 0. The van der Waals surface area contributed by atoms with E-state index >= 15 is 0 Å². The van der Waals surface area contributed by atoms with Crippen LogP contribution in [0.1, 0.15) is 37.9 Å². The van der Waals surface area contributed by atoms with Gasteiger partial charge in [-0.25, -0.2) is 9.97 Å². The summed E-state index contributed by atoms with van der Waals surface area (Å²) in [5, 5.41) is 13.4. The fraction of sp³-hybridized carbons (Fsp3) is 0.333. The van der Waals surface area contributed by atoms with Gasteiger partial charge in [0.25, 0.3) is 5.91 Å². The van der Waals surface area contributed by atoms with Gasteiger partial charge in [0.2, 0.25) is 0 Å². The molecule has 6 nitrogen and oxygen atoms in total. The Bertz CT molecular complexity index is 839. The van der Waals surface area contributed by atoms with E-state index < -0.39 is 0 Å². The molecule has 0 aromatic carbocycles. The van der Waals surface area contributed by atoms with Crippen molar-refractivity contribution in [3.05, 3.63) is 40.3 Å². The smallest absolute Gasteiger partial charge is 0.262 e. The van der Waals surface area contributed by atoms with Crippen molar-refractivity contribution in [3.63, 3.8) is 0 Å². The van der Waals surface area contributed by atoms with E-state index in [9.17, 15) is 10.1 Å². The van der Waals surface area contributed by atoms with Crippen LogP contribution in [0.3, 0.4) is 0 Å². The van der Waals surface area contributed by atoms with Crippen LogP contribution in [0.5, 0.6) is 0 Å². The number of nitrogens with one attached hydrogen (secondary N) is 1. The third-order valence-electron chi connectivity index (χ3n) is 3.99. The van der Waals surface area contributed by atoms with Crippen LogP contribution < -0.4 is 5.32 Å².